The molecule has 0 heterocycles. The molecule has 6 nitrogen and oxygen atoms in total. The van der Waals surface area contributed by atoms with Crippen LogP contribution in [0.15, 0.2) is 24.3 Å². The predicted molar refractivity (Wildman–Crippen MR) is 66.0 cm³/mol. The van der Waals surface area contributed by atoms with E-state index in [9.17, 15) is 9.59 Å². The second-order valence-corrected chi connectivity index (χ2v) is 3.95. The van der Waals surface area contributed by atoms with Crippen LogP contribution in [0.25, 0.3) is 0 Å². The van der Waals surface area contributed by atoms with Gasteiger partial charge < -0.3 is 21.3 Å². The van der Waals surface area contributed by atoms with Gasteiger partial charge in [0.2, 0.25) is 0 Å². The standard InChI is InChI=1S/C12H16N2O4/c13-9-3-1-8(2-4-9)7-14-10(12(17)18)5-6-11(15)16/h1-4,10,14H,5-7,13H2,(H,15,16)(H,17,18)/t10-/m0/s1. The Balaban J connectivity index is 2.49. The molecule has 1 atom stereocenters. The third-order valence-corrected chi connectivity index (χ3v) is 2.48. The zero-order valence-electron chi connectivity index (χ0n) is 9.80. The van der Waals surface area contributed by atoms with Gasteiger partial charge in [0.15, 0.2) is 0 Å². The Kier molecular flexibility index (Phi) is 5.13. The van der Waals surface area contributed by atoms with Gasteiger partial charge in [-0.25, -0.2) is 0 Å². The molecular formula is C12H16N2O4. The number of hydrogen-bond donors (Lipinski definition) is 4. The molecule has 0 bridgehead atoms. The summed E-state index contributed by atoms with van der Waals surface area (Å²) in [5.41, 5.74) is 7.06. The van der Waals surface area contributed by atoms with Crippen molar-refractivity contribution in [3.05, 3.63) is 29.8 Å². The molecule has 0 radical (unpaired) electrons. The number of carboxylic acids is 2. The molecule has 0 saturated carbocycles. The number of carbonyl (C=O) groups is 2. The zero-order valence-corrected chi connectivity index (χ0v) is 9.80. The highest BCUT2D eigenvalue weighted by Gasteiger charge is 2.17. The van der Waals surface area contributed by atoms with E-state index in [1.807, 2.05) is 0 Å². The molecule has 0 aromatic heterocycles. The van der Waals surface area contributed by atoms with Crippen molar-refractivity contribution in [1.29, 1.82) is 0 Å². The van der Waals surface area contributed by atoms with Gasteiger partial charge in [-0.15, -0.1) is 0 Å². The highest BCUT2D eigenvalue weighted by Crippen LogP contribution is 2.06. The van der Waals surface area contributed by atoms with Gasteiger partial charge in [-0.3, -0.25) is 9.59 Å². The average Bonchev–Trinajstić information content (AvgIpc) is 2.30. The third kappa shape index (κ3) is 4.84. The molecule has 1 aromatic rings. The van der Waals surface area contributed by atoms with E-state index < -0.39 is 18.0 Å². The number of nitrogens with two attached hydrogens (primary N) is 1. The second kappa shape index (κ2) is 6.61. The van der Waals surface area contributed by atoms with Crippen LogP contribution in [0, 0.1) is 0 Å². The summed E-state index contributed by atoms with van der Waals surface area (Å²) in [6, 6.07) is 6.17. The average molecular weight is 252 g/mol. The van der Waals surface area contributed by atoms with Crippen LogP contribution in [0.5, 0.6) is 0 Å². The van der Waals surface area contributed by atoms with Gasteiger partial charge in [-0.2, -0.15) is 0 Å². The summed E-state index contributed by atoms with van der Waals surface area (Å²) in [5.74, 6) is -2.05. The molecule has 98 valence electrons. The van der Waals surface area contributed by atoms with Crippen molar-refractivity contribution in [2.24, 2.45) is 0 Å². The number of anilines is 1. The van der Waals surface area contributed by atoms with Gasteiger partial charge >= 0.3 is 11.9 Å². The number of rotatable bonds is 7. The Morgan fingerprint density at radius 1 is 1.22 bits per heavy atom. The Morgan fingerprint density at radius 3 is 2.33 bits per heavy atom. The summed E-state index contributed by atoms with van der Waals surface area (Å²) in [6.45, 7) is 0.358. The third-order valence-electron chi connectivity index (χ3n) is 2.48. The molecular weight excluding hydrogens is 236 g/mol. The molecule has 0 aliphatic rings. The van der Waals surface area contributed by atoms with Crippen LogP contribution < -0.4 is 11.1 Å². The van der Waals surface area contributed by atoms with Crippen molar-refractivity contribution in [3.8, 4) is 0 Å². The van der Waals surface area contributed by atoms with Crippen LogP contribution in [-0.4, -0.2) is 28.2 Å². The van der Waals surface area contributed by atoms with Crippen molar-refractivity contribution >= 4 is 17.6 Å². The molecule has 1 rings (SSSR count). The first-order valence-corrected chi connectivity index (χ1v) is 5.51. The molecule has 0 saturated heterocycles. The van der Waals surface area contributed by atoms with Gasteiger partial charge in [-0.05, 0) is 24.1 Å². The van der Waals surface area contributed by atoms with Crippen molar-refractivity contribution in [2.45, 2.75) is 25.4 Å². The molecule has 6 heteroatoms. The fourth-order valence-corrected chi connectivity index (χ4v) is 1.46. The maximum absolute atomic E-state index is 10.9. The fraction of sp³-hybridized carbons (Fsp3) is 0.333. The minimum Gasteiger partial charge on any atom is -0.481 e. The molecule has 0 fully saturated rings. The fourth-order valence-electron chi connectivity index (χ4n) is 1.46. The van der Waals surface area contributed by atoms with Crippen LogP contribution in [0.4, 0.5) is 5.69 Å². The van der Waals surface area contributed by atoms with Crippen LogP contribution in [-0.2, 0) is 16.1 Å². The predicted octanol–water partition coefficient (Wildman–Crippen LogP) is 0.676. The van der Waals surface area contributed by atoms with E-state index in [2.05, 4.69) is 5.32 Å². The van der Waals surface area contributed by atoms with E-state index in [0.717, 1.165) is 5.56 Å². The second-order valence-electron chi connectivity index (χ2n) is 3.95. The maximum Gasteiger partial charge on any atom is 0.320 e. The van der Waals surface area contributed by atoms with Crippen LogP contribution in [0.3, 0.4) is 0 Å². The van der Waals surface area contributed by atoms with Crippen LogP contribution in [0.1, 0.15) is 18.4 Å². The Hall–Kier alpha value is -2.08. The highest BCUT2D eigenvalue weighted by molar-refractivity contribution is 5.75. The van der Waals surface area contributed by atoms with Crippen molar-refractivity contribution < 1.29 is 19.8 Å². The first kappa shape index (κ1) is 14.0. The Morgan fingerprint density at radius 2 is 1.83 bits per heavy atom. The topological polar surface area (TPSA) is 113 Å². The summed E-state index contributed by atoms with van der Waals surface area (Å²) in [5, 5.41) is 20.3. The Labute approximate surface area is 104 Å². The molecule has 0 spiro atoms. The van der Waals surface area contributed by atoms with Gasteiger partial charge in [0.1, 0.15) is 6.04 Å². The molecule has 1 aromatic carbocycles. The Bertz CT molecular complexity index is 417. The van der Waals surface area contributed by atoms with Crippen LogP contribution >= 0.6 is 0 Å². The summed E-state index contributed by atoms with van der Waals surface area (Å²) in [6.07, 6.45) is -0.120. The first-order valence-electron chi connectivity index (χ1n) is 5.51. The van der Waals surface area contributed by atoms with Gasteiger partial charge in [-0.1, -0.05) is 12.1 Å². The largest absolute Gasteiger partial charge is 0.481 e. The van der Waals surface area contributed by atoms with Crippen molar-refractivity contribution in [2.75, 3.05) is 5.73 Å². The lowest BCUT2D eigenvalue weighted by Crippen LogP contribution is -2.36. The minimum absolute atomic E-state index is 0.0552. The SMILES string of the molecule is Nc1ccc(CN[C@@H](CCC(=O)O)C(=O)O)cc1. The highest BCUT2D eigenvalue weighted by atomic mass is 16.4. The molecule has 0 aliphatic carbocycles. The summed E-state index contributed by atoms with van der Waals surface area (Å²) < 4.78 is 0. The molecule has 0 unspecified atom stereocenters. The lowest BCUT2D eigenvalue weighted by atomic mass is 10.1. The van der Waals surface area contributed by atoms with E-state index in [4.69, 9.17) is 15.9 Å². The van der Waals surface area contributed by atoms with E-state index in [-0.39, 0.29) is 12.8 Å². The first-order chi connectivity index (χ1) is 8.49. The van der Waals surface area contributed by atoms with E-state index in [1.54, 1.807) is 24.3 Å². The molecule has 0 amide bonds. The quantitative estimate of drug-likeness (QED) is 0.531. The zero-order chi connectivity index (χ0) is 13.5. The van der Waals surface area contributed by atoms with Gasteiger partial charge in [0, 0.05) is 18.7 Å². The molecule has 0 aliphatic heterocycles. The van der Waals surface area contributed by atoms with Crippen LogP contribution in [0.2, 0.25) is 0 Å². The number of aliphatic carboxylic acids is 2. The lowest BCUT2D eigenvalue weighted by Gasteiger charge is -2.13. The summed E-state index contributed by atoms with van der Waals surface area (Å²) in [4.78, 5) is 21.3. The number of carboxylic acid groups (broad SMARTS) is 2. The monoisotopic (exact) mass is 252 g/mol. The number of nitrogen functional groups attached to an aromatic ring is 1. The number of benzene rings is 1. The van der Waals surface area contributed by atoms with E-state index in [1.165, 1.54) is 0 Å². The number of hydrogen-bond acceptors (Lipinski definition) is 4. The van der Waals surface area contributed by atoms with E-state index >= 15 is 0 Å². The van der Waals surface area contributed by atoms with Crippen molar-refractivity contribution in [1.82, 2.24) is 5.32 Å². The number of nitrogens with one attached hydrogen (secondary N) is 1. The normalized spacial score (nSPS) is 12.0. The smallest absolute Gasteiger partial charge is 0.320 e. The lowest BCUT2D eigenvalue weighted by molar-refractivity contribution is -0.140. The summed E-state index contributed by atoms with van der Waals surface area (Å²) in [7, 11) is 0. The maximum atomic E-state index is 10.9. The van der Waals surface area contributed by atoms with Crippen molar-refractivity contribution in [3.63, 3.8) is 0 Å². The summed E-state index contributed by atoms with van der Waals surface area (Å²) >= 11 is 0. The molecule has 5 N–H and O–H groups in total. The van der Waals surface area contributed by atoms with E-state index in [0.29, 0.717) is 12.2 Å². The minimum atomic E-state index is -1.05. The van der Waals surface area contributed by atoms with Gasteiger partial charge in [0.25, 0.3) is 0 Å². The van der Waals surface area contributed by atoms with Gasteiger partial charge in [0.05, 0.1) is 0 Å². The molecule has 18 heavy (non-hydrogen) atoms.